The molecule has 0 bridgehead atoms. The molecule has 0 atom stereocenters. The van der Waals surface area contributed by atoms with Gasteiger partial charge in [0.15, 0.2) is 0 Å². The fourth-order valence-corrected chi connectivity index (χ4v) is 5.82. The van der Waals surface area contributed by atoms with Crippen molar-refractivity contribution in [3.63, 3.8) is 0 Å². The summed E-state index contributed by atoms with van der Waals surface area (Å²) >= 11 is 0. The van der Waals surface area contributed by atoms with Crippen LogP contribution >= 0.6 is 0 Å². The van der Waals surface area contributed by atoms with Gasteiger partial charge in [0, 0.05) is 49.9 Å². The number of nitrogens with zero attached hydrogens (tertiary/aromatic N) is 2. The van der Waals surface area contributed by atoms with Crippen LogP contribution in [-0.2, 0) is 0 Å². The van der Waals surface area contributed by atoms with Crippen LogP contribution in [0.2, 0.25) is 0 Å². The van der Waals surface area contributed by atoms with E-state index < -0.39 is 0 Å². The van der Waals surface area contributed by atoms with E-state index in [9.17, 15) is 0 Å². The van der Waals surface area contributed by atoms with Crippen LogP contribution in [0.4, 0.5) is 0 Å². The molecule has 2 heteroatoms. The van der Waals surface area contributed by atoms with Gasteiger partial charge >= 0.3 is 0 Å². The Labute approximate surface area is 204 Å². The zero-order valence-electron chi connectivity index (χ0n) is 19.9. The van der Waals surface area contributed by atoms with Crippen molar-refractivity contribution < 1.29 is 0 Å². The molecule has 0 aliphatic heterocycles. The second-order valence-electron chi connectivity index (χ2n) is 9.60. The minimum Gasteiger partial charge on any atom is -0.338 e. The quantitative estimate of drug-likeness (QED) is 0.254. The van der Waals surface area contributed by atoms with Gasteiger partial charge in [0.25, 0.3) is 0 Å². The number of para-hydroxylation sites is 4. The van der Waals surface area contributed by atoms with Crippen LogP contribution in [0.5, 0.6) is 0 Å². The number of aromatic nitrogens is 2. The minimum absolute atomic E-state index is 0.396. The molecule has 0 unspecified atom stereocenters. The van der Waals surface area contributed by atoms with Gasteiger partial charge in [0.1, 0.15) is 0 Å². The SMILES string of the molecule is CC(C)n1c2ccccc2c2cc(-c3cccc4c5ccccc5n(-c5ccccc5)c34)ccc21. The molecule has 0 saturated carbocycles. The third kappa shape index (κ3) is 2.90. The molecule has 0 amide bonds. The first-order valence-corrected chi connectivity index (χ1v) is 12.3. The Kier molecular flexibility index (Phi) is 4.37. The maximum atomic E-state index is 2.45. The van der Waals surface area contributed by atoms with E-state index in [1.54, 1.807) is 0 Å². The molecule has 0 N–H and O–H groups in total. The summed E-state index contributed by atoms with van der Waals surface area (Å²) in [5, 5.41) is 5.19. The zero-order valence-corrected chi connectivity index (χ0v) is 19.9. The molecule has 0 spiro atoms. The van der Waals surface area contributed by atoms with Crippen molar-refractivity contribution in [2.24, 2.45) is 0 Å². The van der Waals surface area contributed by atoms with E-state index in [2.05, 4.69) is 138 Å². The molecule has 0 aliphatic rings. The summed E-state index contributed by atoms with van der Waals surface area (Å²) in [6.07, 6.45) is 0. The first kappa shape index (κ1) is 20.1. The maximum Gasteiger partial charge on any atom is 0.0619 e. The van der Waals surface area contributed by atoms with Gasteiger partial charge in [-0.25, -0.2) is 0 Å². The van der Waals surface area contributed by atoms with Gasteiger partial charge in [-0.2, -0.15) is 0 Å². The number of benzene rings is 5. The Morgan fingerprint density at radius 1 is 0.514 bits per heavy atom. The second kappa shape index (κ2) is 7.61. The zero-order chi connectivity index (χ0) is 23.5. The van der Waals surface area contributed by atoms with E-state index in [1.807, 2.05) is 0 Å². The van der Waals surface area contributed by atoms with Gasteiger partial charge in [-0.3, -0.25) is 0 Å². The smallest absolute Gasteiger partial charge is 0.0619 e. The molecule has 0 saturated heterocycles. The average molecular weight is 451 g/mol. The third-order valence-corrected chi connectivity index (χ3v) is 7.25. The second-order valence-corrected chi connectivity index (χ2v) is 9.60. The molecular formula is C33H26N2. The van der Waals surface area contributed by atoms with E-state index in [0.717, 1.165) is 0 Å². The first-order chi connectivity index (χ1) is 17.2. The number of rotatable bonds is 3. The highest BCUT2D eigenvalue weighted by Crippen LogP contribution is 2.40. The summed E-state index contributed by atoms with van der Waals surface area (Å²) < 4.78 is 4.87. The number of hydrogen-bond donors (Lipinski definition) is 0. The van der Waals surface area contributed by atoms with Crippen molar-refractivity contribution in [2.45, 2.75) is 19.9 Å². The Balaban J connectivity index is 1.59. The average Bonchev–Trinajstić information content (AvgIpc) is 3.42. The molecule has 2 aromatic heterocycles. The van der Waals surface area contributed by atoms with Crippen molar-refractivity contribution in [3.8, 4) is 16.8 Å². The van der Waals surface area contributed by atoms with Crippen LogP contribution in [-0.4, -0.2) is 9.13 Å². The van der Waals surface area contributed by atoms with Crippen LogP contribution in [0, 0.1) is 0 Å². The van der Waals surface area contributed by atoms with Gasteiger partial charge in [-0.15, -0.1) is 0 Å². The Morgan fingerprint density at radius 2 is 1.14 bits per heavy atom. The molecule has 7 aromatic rings. The van der Waals surface area contributed by atoms with E-state index in [0.29, 0.717) is 6.04 Å². The third-order valence-electron chi connectivity index (χ3n) is 7.25. The summed E-state index contributed by atoms with van der Waals surface area (Å²) in [5.41, 5.74) is 8.77. The van der Waals surface area contributed by atoms with Crippen molar-refractivity contribution in [1.29, 1.82) is 0 Å². The topological polar surface area (TPSA) is 9.86 Å². The molecule has 168 valence electrons. The largest absolute Gasteiger partial charge is 0.338 e. The minimum atomic E-state index is 0.396. The van der Waals surface area contributed by atoms with Gasteiger partial charge in [0.05, 0.1) is 11.0 Å². The van der Waals surface area contributed by atoms with Crippen molar-refractivity contribution >= 4 is 43.6 Å². The predicted octanol–water partition coefficient (Wildman–Crippen LogP) is 9.14. The molecular weight excluding hydrogens is 424 g/mol. The van der Waals surface area contributed by atoms with Crippen LogP contribution in [0.3, 0.4) is 0 Å². The number of hydrogen-bond acceptors (Lipinski definition) is 0. The van der Waals surface area contributed by atoms with Crippen LogP contribution in [0.1, 0.15) is 19.9 Å². The maximum absolute atomic E-state index is 2.45. The van der Waals surface area contributed by atoms with Crippen molar-refractivity contribution in [3.05, 3.63) is 115 Å². The Hall–Kier alpha value is -4.30. The Morgan fingerprint density at radius 3 is 1.91 bits per heavy atom. The summed E-state index contributed by atoms with van der Waals surface area (Å²) in [5.74, 6) is 0. The summed E-state index contributed by atoms with van der Waals surface area (Å²) in [6.45, 7) is 4.53. The fourth-order valence-electron chi connectivity index (χ4n) is 5.82. The Bertz CT molecular complexity index is 1870. The van der Waals surface area contributed by atoms with E-state index >= 15 is 0 Å². The van der Waals surface area contributed by atoms with E-state index in [-0.39, 0.29) is 0 Å². The lowest BCUT2D eigenvalue weighted by Gasteiger charge is -2.13. The van der Waals surface area contributed by atoms with E-state index in [1.165, 1.54) is 60.4 Å². The van der Waals surface area contributed by atoms with Crippen LogP contribution in [0.15, 0.2) is 115 Å². The standard InChI is InChI=1S/C33H26N2/c1-22(2)34-30-17-8-7-14-27(30)29-21-23(19-20-32(29)34)25-15-10-16-28-26-13-6-9-18-31(26)35(33(25)28)24-11-4-3-5-12-24/h3-22H,1-2H3. The van der Waals surface area contributed by atoms with Gasteiger partial charge in [0.2, 0.25) is 0 Å². The highest BCUT2D eigenvalue weighted by molar-refractivity contribution is 6.15. The van der Waals surface area contributed by atoms with Crippen molar-refractivity contribution in [2.75, 3.05) is 0 Å². The van der Waals surface area contributed by atoms with Gasteiger partial charge < -0.3 is 9.13 Å². The van der Waals surface area contributed by atoms with Crippen LogP contribution in [0.25, 0.3) is 60.4 Å². The predicted molar refractivity (Wildman–Crippen MR) is 150 cm³/mol. The number of fused-ring (bicyclic) bond motifs is 6. The molecule has 2 nitrogen and oxygen atoms in total. The van der Waals surface area contributed by atoms with Crippen LogP contribution < -0.4 is 0 Å². The lowest BCUT2D eigenvalue weighted by atomic mass is 10.00. The summed E-state index contributed by atoms with van der Waals surface area (Å²) in [7, 11) is 0. The normalized spacial score (nSPS) is 12.0. The molecule has 7 rings (SSSR count). The molecule has 0 aliphatic carbocycles. The summed E-state index contributed by atoms with van der Waals surface area (Å²) in [6, 6.07) is 42.3. The first-order valence-electron chi connectivity index (χ1n) is 12.3. The lowest BCUT2D eigenvalue weighted by molar-refractivity contribution is 0.642. The highest BCUT2D eigenvalue weighted by atomic mass is 15.0. The van der Waals surface area contributed by atoms with Crippen molar-refractivity contribution in [1.82, 2.24) is 9.13 Å². The molecule has 2 heterocycles. The van der Waals surface area contributed by atoms with Gasteiger partial charge in [-0.05, 0) is 55.8 Å². The van der Waals surface area contributed by atoms with E-state index in [4.69, 9.17) is 0 Å². The lowest BCUT2D eigenvalue weighted by Crippen LogP contribution is -1.99. The monoisotopic (exact) mass is 450 g/mol. The molecule has 35 heavy (non-hydrogen) atoms. The fraction of sp³-hybridized carbons (Fsp3) is 0.0909. The molecule has 5 aromatic carbocycles. The molecule has 0 fully saturated rings. The summed E-state index contributed by atoms with van der Waals surface area (Å²) in [4.78, 5) is 0. The van der Waals surface area contributed by atoms with Gasteiger partial charge in [-0.1, -0.05) is 78.9 Å². The molecule has 0 radical (unpaired) electrons. The highest BCUT2D eigenvalue weighted by Gasteiger charge is 2.18.